The molecule has 0 saturated heterocycles. The molecular weight excluding hydrogens is 328 g/mol. The van der Waals surface area contributed by atoms with Gasteiger partial charge in [-0.2, -0.15) is 0 Å². The second-order valence-electron chi connectivity index (χ2n) is 7.48. The highest BCUT2D eigenvalue weighted by molar-refractivity contribution is 6.05. The van der Waals surface area contributed by atoms with E-state index in [-0.39, 0.29) is 11.8 Å². The SMILES string of the molecule is COc1ccc(C(=O)Nc2ccc3c(c2)CCN3C(=O)C(C)(C)C)cc1. The zero-order valence-corrected chi connectivity index (χ0v) is 15.6. The van der Waals surface area contributed by atoms with E-state index in [0.717, 1.165) is 23.4 Å². The van der Waals surface area contributed by atoms with Crippen LogP contribution in [0.25, 0.3) is 0 Å². The first kappa shape index (κ1) is 18.0. The van der Waals surface area contributed by atoms with Gasteiger partial charge in [-0.15, -0.1) is 0 Å². The Morgan fingerprint density at radius 1 is 1.08 bits per heavy atom. The van der Waals surface area contributed by atoms with Crippen molar-refractivity contribution < 1.29 is 14.3 Å². The summed E-state index contributed by atoms with van der Waals surface area (Å²) in [6.45, 7) is 6.46. The molecule has 0 saturated carbocycles. The summed E-state index contributed by atoms with van der Waals surface area (Å²) in [5.41, 5.74) is 2.90. The number of ether oxygens (including phenoxy) is 1. The van der Waals surface area contributed by atoms with Gasteiger partial charge < -0.3 is 15.0 Å². The van der Waals surface area contributed by atoms with Crippen LogP contribution < -0.4 is 15.0 Å². The number of carbonyl (C=O) groups is 2. The van der Waals surface area contributed by atoms with E-state index >= 15 is 0 Å². The molecule has 0 aromatic heterocycles. The van der Waals surface area contributed by atoms with E-state index < -0.39 is 5.41 Å². The van der Waals surface area contributed by atoms with E-state index in [4.69, 9.17) is 4.74 Å². The minimum Gasteiger partial charge on any atom is -0.497 e. The number of anilines is 2. The van der Waals surface area contributed by atoms with Crippen LogP contribution in [0.5, 0.6) is 5.75 Å². The quantitative estimate of drug-likeness (QED) is 0.912. The van der Waals surface area contributed by atoms with Crippen LogP contribution in [0.4, 0.5) is 11.4 Å². The van der Waals surface area contributed by atoms with E-state index in [0.29, 0.717) is 17.9 Å². The lowest BCUT2D eigenvalue weighted by atomic mass is 9.94. The summed E-state index contributed by atoms with van der Waals surface area (Å²) < 4.78 is 5.11. The molecule has 5 nitrogen and oxygen atoms in total. The molecule has 0 unspecified atom stereocenters. The van der Waals surface area contributed by atoms with Gasteiger partial charge in [-0.05, 0) is 54.4 Å². The van der Waals surface area contributed by atoms with Gasteiger partial charge in [-0.25, -0.2) is 0 Å². The van der Waals surface area contributed by atoms with Crippen molar-refractivity contribution in [2.45, 2.75) is 27.2 Å². The van der Waals surface area contributed by atoms with Gasteiger partial charge in [-0.3, -0.25) is 9.59 Å². The zero-order chi connectivity index (χ0) is 18.9. The van der Waals surface area contributed by atoms with Crippen molar-refractivity contribution in [3.05, 3.63) is 53.6 Å². The average Bonchev–Trinajstić information content (AvgIpc) is 3.03. The highest BCUT2D eigenvalue weighted by atomic mass is 16.5. The molecule has 1 heterocycles. The standard InChI is InChI=1S/C21H24N2O3/c1-21(2,3)20(25)23-12-11-15-13-16(7-10-18(15)23)22-19(24)14-5-8-17(26-4)9-6-14/h5-10,13H,11-12H2,1-4H3,(H,22,24). The predicted molar refractivity (Wildman–Crippen MR) is 103 cm³/mol. The summed E-state index contributed by atoms with van der Waals surface area (Å²) in [4.78, 5) is 26.8. The number of methoxy groups -OCH3 is 1. The summed E-state index contributed by atoms with van der Waals surface area (Å²) >= 11 is 0. The molecule has 1 aliphatic heterocycles. The molecule has 2 amide bonds. The van der Waals surface area contributed by atoms with Crippen LogP contribution in [-0.2, 0) is 11.2 Å². The molecule has 136 valence electrons. The summed E-state index contributed by atoms with van der Waals surface area (Å²) in [6.07, 6.45) is 0.795. The van der Waals surface area contributed by atoms with Crippen LogP contribution in [0.15, 0.2) is 42.5 Å². The van der Waals surface area contributed by atoms with Crippen molar-refractivity contribution in [3.8, 4) is 5.75 Å². The molecule has 0 spiro atoms. The topological polar surface area (TPSA) is 58.6 Å². The molecule has 1 N–H and O–H groups in total. The molecular formula is C21H24N2O3. The Labute approximate surface area is 154 Å². The number of rotatable bonds is 3. The fraction of sp³-hybridized carbons (Fsp3) is 0.333. The van der Waals surface area contributed by atoms with Gasteiger partial charge >= 0.3 is 0 Å². The largest absolute Gasteiger partial charge is 0.497 e. The van der Waals surface area contributed by atoms with Crippen molar-refractivity contribution in [1.29, 1.82) is 0 Å². The predicted octanol–water partition coefficient (Wildman–Crippen LogP) is 3.88. The number of benzene rings is 2. The second-order valence-corrected chi connectivity index (χ2v) is 7.48. The summed E-state index contributed by atoms with van der Waals surface area (Å²) in [5, 5.41) is 2.92. The minimum absolute atomic E-state index is 0.117. The van der Waals surface area contributed by atoms with Gasteiger partial charge in [0.25, 0.3) is 5.91 Å². The molecule has 2 aromatic rings. The second kappa shape index (κ2) is 6.83. The summed E-state index contributed by atoms with van der Waals surface area (Å²) in [5.74, 6) is 0.655. The van der Waals surface area contributed by atoms with Crippen molar-refractivity contribution >= 4 is 23.2 Å². The maximum atomic E-state index is 12.6. The number of hydrogen-bond acceptors (Lipinski definition) is 3. The molecule has 3 rings (SSSR count). The van der Waals surface area contributed by atoms with E-state index in [1.807, 2.05) is 43.9 Å². The first-order valence-electron chi connectivity index (χ1n) is 8.70. The monoisotopic (exact) mass is 352 g/mol. The Balaban J connectivity index is 1.75. The zero-order valence-electron chi connectivity index (χ0n) is 15.6. The first-order chi connectivity index (χ1) is 12.3. The molecule has 1 aliphatic rings. The lowest BCUT2D eigenvalue weighted by molar-refractivity contribution is -0.125. The Morgan fingerprint density at radius 2 is 1.77 bits per heavy atom. The smallest absolute Gasteiger partial charge is 0.255 e. The third-order valence-corrected chi connectivity index (χ3v) is 4.47. The Morgan fingerprint density at radius 3 is 2.38 bits per heavy atom. The molecule has 0 bridgehead atoms. The highest BCUT2D eigenvalue weighted by Crippen LogP contribution is 2.33. The van der Waals surface area contributed by atoms with Crippen molar-refractivity contribution in [1.82, 2.24) is 0 Å². The minimum atomic E-state index is -0.414. The number of nitrogens with zero attached hydrogens (tertiary/aromatic N) is 1. The first-order valence-corrected chi connectivity index (χ1v) is 8.70. The molecule has 0 fully saturated rings. The molecule has 2 aromatic carbocycles. The number of nitrogens with one attached hydrogen (secondary N) is 1. The van der Waals surface area contributed by atoms with Crippen LogP contribution >= 0.6 is 0 Å². The third-order valence-electron chi connectivity index (χ3n) is 4.47. The number of fused-ring (bicyclic) bond motifs is 1. The summed E-state index contributed by atoms with van der Waals surface area (Å²) in [6, 6.07) is 12.7. The van der Waals surface area contributed by atoms with Gasteiger partial charge in [0.2, 0.25) is 5.91 Å². The highest BCUT2D eigenvalue weighted by Gasteiger charge is 2.32. The third kappa shape index (κ3) is 3.57. The van der Waals surface area contributed by atoms with E-state index in [1.165, 1.54) is 0 Å². The van der Waals surface area contributed by atoms with Gasteiger partial charge in [-0.1, -0.05) is 20.8 Å². The normalized spacial score (nSPS) is 13.3. The van der Waals surface area contributed by atoms with Crippen LogP contribution in [0.3, 0.4) is 0 Å². The molecule has 0 aliphatic carbocycles. The van der Waals surface area contributed by atoms with Gasteiger partial charge in [0.15, 0.2) is 0 Å². The molecule has 0 radical (unpaired) electrons. The van der Waals surface area contributed by atoms with Gasteiger partial charge in [0.1, 0.15) is 5.75 Å². The Hall–Kier alpha value is -2.82. The lowest BCUT2D eigenvalue weighted by Crippen LogP contribution is -2.38. The molecule has 5 heteroatoms. The van der Waals surface area contributed by atoms with Crippen LogP contribution in [0.1, 0.15) is 36.7 Å². The van der Waals surface area contributed by atoms with E-state index in [9.17, 15) is 9.59 Å². The molecule has 0 atom stereocenters. The fourth-order valence-corrected chi connectivity index (χ4v) is 3.04. The van der Waals surface area contributed by atoms with E-state index in [1.54, 1.807) is 31.4 Å². The average molecular weight is 352 g/mol. The van der Waals surface area contributed by atoms with Crippen molar-refractivity contribution in [3.63, 3.8) is 0 Å². The number of amides is 2. The van der Waals surface area contributed by atoms with Crippen LogP contribution in [-0.4, -0.2) is 25.5 Å². The molecule has 26 heavy (non-hydrogen) atoms. The van der Waals surface area contributed by atoms with E-state index in [2.05, 4.69) is 5.32 Å². The van der Waals surface area contributed by atoms with Crippen molar-refractivity contribution in [2.24, 2.45) is 5.41 Å². The number of carbonyl (C=O) groups excluding carboxylic acids is 2. The maximum Gasteiger partial charge on any atom is 0.255 e. The van der Waals surface area contributed by atoms with Gasteiger partial charge in [0, 0.05) is 28.9 Å². The lowest BCUT2D eigenvalue weighted by Gasteiger charge is -2.26. The van der Waals surface area contributed by atoms with Crippen molar-refractivity contribution in [2.75, 3.05) is 23.9 Å². The van der Waals surface area contributed by atoms with Gasteiger partial charge in [0.05, 0.1) is 7.11 Å². The summed E-state index contributed by atoms with van der Waals surface area (Å²) in [7, 11) is 1.59. The Kier molecular flexibility index (Phi) is 4.72. The van der Waals surface area contributed by atoms with Crippen LogP contribution in [0.2, 0.25) is 0 Å². The number of hydrogen-bond donors (Lipinski definition) is 1. The fourth-order valence-electron chi connectivity index (χ4n) is 3.04. The Bertz CT molecular complexity index is 835. The maximum absolute atomic E-state index is 12.6. The van der Waals surface area contributed by atoms with Crippen LogP contribution in [0, 0.1) is 5.41 Å².